The van der Waals surface area contributed by atoms with E-state index in [-0.39, 0.29) is 18.0 Å². The molecule has 4 aliphatic rings. The third-order valence-electron chi connectivity index (χ3n) is 8.43. The molecule has 0 aliphatic carbocycles. The number of nitrogens with one attached hydrogen (secondary N) is 1. The van der Waals surface area contributed by atoms with Crippen LogP contribution in [0.5, 0.6) is 11.5 Å². The Morgan fingerprint density at radius 2 is 1.68 bits per heavy atom. The number of hydrogen-bond donors (Lipinski definition) is 1. The van der Waals surface area contributed by atoms with Gasteiger partial charge in [-0.2, -0.15) is 0 Å². The molecule has 1 fully saturated rings. The highest BCUT2D eigenvalue weighted by molar-refractivity contribution is 6.48. The Balaban J connectivity index is 1.12. The molecule has 1 saturated heterocycles. The molecule has 4 heterocycles. The van der Waals surface area contributed by atoms with E-state index in [9.17, 15) is 9.59 Å². The van der Waals surface area contributed by atoms with Gasteiger partial charge in [-0.25, -0.2) is 4.79 Å². The predicted molar refractivity (Wildman–Crippen MR) is 154 cm³/mol. The number of carbonyl (C=O) groups is 2. The lowest BCUT2D eigenvalue weighted by atomic mass is 10.0. The second-order valence-corrected chi connectivity index (χ2v) is 10.7. The van der Waals surface area contributed by atoms with Gasteiger partial charge in [0.25, 0.3) is 5.91 Å². The molecule has 10 heteroatoms. The fourth-order valence-electron chi connectivity index (χ4n) is 6.14. The summed E-state index contributed by atoms with van der Waals surface area (Å²) >= 11 is 0. The van der Waals surface area contributed by atoms with Crippen LogP contribution in [0, 0.1) is 0 Å². The summed E-state index contributed by atoms with van der Waals surface area (Å²) in [6, 6.07) is 11.8. The first kappa shape index (κ1) is 26.0. The number of benzene rings is 2. The minimum Gasteiger partial charge on any atom is -0.497 e. The quantitative estimate of drug-likeness (QED) is 0.621. The van der Waals surface area contributed by atoms with Crippen molar-refractivity contribution < 1.29 is 19.1 Å². The van der Waals surface area contributed by atoms with Crippen molar-refractivity contribution in [3.8, 4) is 11.5 Å². The summed E-state index contributed by atoms with van der Waals surface area (Å²) in [5.74, 6) is 2.46. The number of ether oxygens (including phenoxy) is 2. The van der Waals surface area contributed by atoms with Crippen molar-refractivity contribution in [2.75, 3.05) is 64.3 Å². The first-order chi connectivity index (χ1) is 19.4. The zero-order valence-corrected chi connectivity index (χ0v) is 23.4. The summed E-state index contributed by atoms with van der Waals surface area (Å²) < 4.78 is 10.8. The monoisotopic (exact) mass is 544 g/mol. The molecule has 0 unspecified atom stereocenters. The molecule has 0 saturated carbocycles. The lowest BCUT2D eigenvalue weighted by Gasteiger charge is -2.42. The van der Waals surface area contributed by atoms with Crippen LogP contribution < -0.4 is 19.7 Å². The summed E-state index contributed by atoms with van der Waals surface area (Å²) in [6.45, 7) is 3.35. The van der Waals surface area contributed by atoms with Crippen LogP contribution in [-0.2, 0) is 17.6 Å². The molecule has 210 valence electrons. The van der Waals surface area contributed by atoms with E-state index in [2.05, 4.69) is 20.1 Å². The van der Waals surface area contributed by atoms with Crippen molar-refractivity contribution in [1.82, 2.24) is 14.7 Å². The Kier molecular flexibility index (Phi) is 7.00. The fraction of sp³-hybridized carbons (Fsp3) is 0.433. The summed E-state index contributed by atoms with van der Waals surface area (Å²) in [7, 11) is 5.30. The topological polar surface area (TPSA) is 90.0 Å². The number of fused-ring (bicyclic) bond motifs is 2. The van der Waals surface area contributed by atoms with Gasteiger partial charge < -0.3 is 34.4 Å². The highest BCUT2D eigenvalue weighted by Gasteiger charge is 2.33. The molecular formula is C30H36N6O4. The van der Waals surface area contributed by atoms with Gasteiger partial charge in [-0.3, -0.25) is 9.79 Å². The van der Waals surface area contributed by atoms with Crippen LogP contribution in [0.3, 0.4) is 0 Å². The predicted octanol–water partition coefficient (Wildman–Crippen LogP) is 3.33. The molecular weight excluding hydrogens is 508 g/mol. The van der Waals surface area contributed by atoms with E-state index in [0.29, 0.717) is 25.5 Å². The molecule has 0 radical (unpaired) electrons. The number of nitrogens with zero attached hydrogens (tertiary/aromatic N) is 5. The maximum Gasteiger partial charge on any atom is 0.322 e. The Morgan fingerprint density at radius 1 is 0.950 bits per heavy atom. The molecule has 2 aromatic rings. The fourth-order valence-corrected chi connectivity index (χ4v) is 6.14. The third-order valence-corrected chi connectivity index (χ3v) is 8.43. The molecule has 3 amide bonds. The number of methoxy groups -OCH3 is 2. The minimum absolute atomic E-state index is 0.0427. The number of carbonyl (C=O) groups excluding carboxylic acids is 2. The Morgan fingerprint density at radius 3 is 2.45 bits per heavy atom. The van der Waals surface area contributed by atoms with E-state index in [0.717, 1.165) is 78.6 Å². The van der Waals surface area contributed by atoms with E-state index >= 15 is 0 Å². The number of likely N-dealkylation sites (tertiary alicyclic amines) is 1. The molecule has 4 aliphatic heterocycles. The SMILES string of the molecule is COc1ccc2c(c1)CCN(C1CCN(C3=CC(C(=O)N4CCc5ccc(OC)cc54)=NCN3C)CC1)C(=O)N2. The number of hydrogen-bond acceptors (Lipinski definition) is 7. The van der Waals surface area contributed by atoms with Crippen LogP contribution in [-0.4, -0.2) is 92.5 Å². The molecule has 0 bridgehead atoms. The number of rotatable bonds is 5. The average molecular weight is 545 g/mol. The lowest BCUT2D eigenvalue weighted by molar-refractivity contribution is -0.112. The third kappa shape index (κ3) is 4.82. The minimum atomic E-state index is -0.0788. The summed E-state index contributed by atoms with van der Waals surface area (Å²) in [4.78, 5) is 39.5. The number of piperidine rings is 1. The van der Waals surface area contributed by atoms with Gasteiger partial charge in [0.05, 0.1) is 19.9 Å². The van der Waals surface area contributed by atoms with Crippen molar-refractivity contribution in [3.05, 3.63) is 59.4 Å². The average Bonchev–Trinajstić information content (AvgIpc) is 3.33. The number of amides is 3. The summed E-state index contributed by atoms with van der Waals surface area (Å²) in [5, 5.41) is 3.09. The summed E-state index contributed by atoms with van der Waals surface area (Å²) in [6.07, 6.45) is 5.25. The Labute approximate surface area is 234 Å². The second kappa shape index (κ2) is 10.7. The van der Waals surface area contributed by atoms with Gasteiger partial charge in [-0.05, 0) is 61.1 Å². The molecule has 0 aromatic heterocycles. The molecule has 2 aromatic carbocycles. The van der Waals surface area contributed by atoms with E-state index in [1.807, 2.05) is 59.3 Å². The zero-order chi connectivity index (χ0) is 27.8. The van der Waals surface area contributed by atoms with Crippen molar-refractivity contribution in [3.63, 3.8) is 0 Å². The van der Waals surface area contributed by atoms with Crippen molar-refractivity contribution in [2.24, 2.45) is 4.99 Å². The Bertz CT molecular complexity index is 1380. The molecule has 10 nitrogen and oxygen atoms in total. The smallest absolute Gasteiger partial charge is 0.322 e. The van der Waals surface area contributed by atoms with Crippen LogP contribution in [0.15, 0.2) is 53.3 Å². The van der Waals surface area contributed by atoms with Crippen LogP contribution >= 0.6 is 0 Å². The van der Waals surface area contributed by atoms with Gasteiger partial charge in [0.1, 0.15) is 29.7 Å². The second-order valence-electron chi connectivity index (χ2n) is 10.7. The highest BCUT2D eigenvalue weighted by atomic mass is 16.5. The van der Waals surface area contributed by atoms with Gasteiger partial charge in [0.2, 0.25) is 0 Å². The molecule has 0 atom stereocenters. The van der Waals surface area contributed by atoms with Gasteiger partial charge in [0.15, 0.2) is 0 Å². The number of anilines is 2. The standard InChI is InChI=1S/C30H36N6O4/c1-33-19-31-26(29(37)36-15-8-20-4-5-24(40-3)17-27(20)36)18-28(33)34-12-10-22(11-13-34)35-14-9-21-16-23(39-2)6-7-25(21)32-30(35)38/h4-7,16-18,22H,8-15,19H2,1-3H3,(H,32,38). The van der Waals surface area contributed by atoms with Gasteiger partial charge in [-0.15, -0.1) is 0 Å². The van der Waals surface area contributed by atoms with E-state index in [4.69, 9.17) is 9.47 Å². The molecule has 0 spiro atoms. The van der Waals surface area contributed by atoms with Crippen molar-refractivity contribution >= 4 is 29.0 Å². The maximum atomic E-state index is 13.6. The van der Waals surface area contributed by atoms with Crippen molar-refractivity contribution in [1.29, 1.82) is 0 Å². The van der Waals surface area contributed by atoms with Crippen molar-refractivity contribution in [2.45, 2.75) is 31.7 Å². The number of aliphatic imine (C=N–C) groups is 1. The van der Waals surface area contributed by atoms with E-state index < -0.39 is 0 Å². The van der Waals surface area contributed by atoms with Crippen LogP contribution in [0.4, 0.5) is 16.2 Å². The first-order valence-corrected chi connectivity index (χ1v) is 13.9. The van der Waals surface area contributed by atoms with Gasteiger partial charge in [0, 0.05) is 57.1 Å². The summed E-state index contributed by atoms with van der Waals surface area (Å²) in [5.41, 5.74) is 4.48. The van der Waals surface area contributed by atoms with E-state index in [1.54, 1.807) is 14.2 Å². The molecule has 6 rings (SSSR count). The molecule has 1 N–H and O–H groups in total. The van der Waals surface area contributed by atoms with Gasteiger partial charge >= 0.3 is 6.03 Å². The maximum absolute atomic E-state index is 13.6. The molecule has 40 heavy (non-hydrogen) atoms. The van der Waals surface area contributed by atoms with E-state index in [1.165, 1.54) is 0 Å². The Hall–Kier alpha value is -4.21. The number of urea groups is 1. The zero-order valence-electron chi connectivity index (χ0n) is 23.4. The normalized spacial score (nSPS) is 19.3. The highest BCUT2D eigenvalue weighted by Crippen LogP contribution is 2.33. The first-order valence-electron chi connectivity index (χ1n) is 13.9. The lowest BCUT2D eigenvalue weighted by Crippen LogP contribution is -2.50. The van der Waals surface area contributed by atoms with Crippen LogP contribution in [0.2, 0.25) is 0 Å². The van der Waals surface area contributed by atoms with Crippen LogP contribution in [0.1, 0.15) is 24.0 Å². The van der Waals surface area contributed by atoms with Crippen LogP contribution in [0.25, 0.3) is 0 Å². The van der Waals surface area contributed by atoms with Gasteiger partial charge in [-0.1, -0.05) is 6.07 Å². The largest absolute Gasteiger partial charge is 0.497 e.